The highest BCUT2D eigenvalue weighted by molar-refractivity contribution is 4.79. The van der Waals surface area contributed by atoms with Crippen LogP contribution in [0.3, 0.4) is 0 Å². The van der Waals surface area contributed by atoms with Crippen LogP contribution in [0.5, 0.6) is 0 Å². The SMILES string of the molecule is CO[C@@H]1CCC[C@@H](NC(C)C)C1. The number of hydrogen-bond donors (Lipinski definition) is 1. The Hall–Kier alpha value is -0.0800. The molecule has 1 rings (SSSR count). The molecule has 0 spiro atoms. The van der Waals surface area contributed by atoms with E-state index in [-0.39, 0.29) is 0 Å². The quantitative estimate of drug-likeness (QED) is 0.700. The molecule has 0 radical (unpaired) electrons. The van der Waals surface area contributed by atoms with Gasteiger partial charge in [-0.3, -0.25) is 0 Å². The van der Waals surface area contributed by atoms with E-state index in [0.717, 1.165) is 0 Å². The van der Waals surface area contributed by atoms with Gasteiger partial charge in [0.15, 0.2) is 0 Å². The molecule has 0 heterocycles. The van der Waals surface area contributed by atoms with Crippen molar-refractivity contribution < 1.29 is 4.74 Å². The van der Waals surface area contributed by atoms with E-state index in [2.05, 4.69) is 19.2 Å². The van der Waals surface area contributed by atoms with Crippen molar-refractivity contribution in [2.75, 3.05) is 7.11 Å². The lowest BCUT2D eigenvalue weighted by Crippen LogP contribution is -2.40. The second kappa shape index (κ2) is 4.83. The van der Waals surface area contributed by atoms with Crippen LogP contribution in [-0.4, -0.2) is 25.3 Å². The molecular formula is C10H21NO. The van der Waals surface area contributed by atoms with Gasteiger partial charge in [0.25, 0.3) is 0 Å². The van der Waals surface area contributed by atoms with Crippen LogP contribution < -0.4 is 5.32 Å². The molecule has 72 valence electrons. The van der Waals surface area contributed by atoms with Gasteiger partial charge in [0.05, 0.1) is 6.10 Å². The van der Waals surface area contributed by atoms with E-state index in [9.17, 15) is 0 Å². The van der Waals surface area contributed by atoms with Crippen LogP contribution in [0.15, 0.2) is 0 Å². The zero-order valence-electron chi connectivity index (χ0n) is 8.47. The van der Waals surface area contributed by atoms with Crippen molar-refractivity contribution in [1.29, 1.82) is 0 Å². The van der Waals surface area contributed by atoms with Crippen LogP contribution in [0, 0.1) is 0 Å². The zero-order valence-corrected chi connectivity index (χ0v) is 8.47. The van der Waals surface area contributed by atoms with E-state index in [4.69, 9.17) is 4.74 Å². The molecule has 1 saturated carbocycles. The van der Waals surface area contributed by atoms with Crippen LogP contribution in [0.4, 0.5) is 0 Å². The molecule has 0 aromatic heterocycles. The van der Waals surface area contributed by atoms with Crippen molar-refractivity contribution >= 4 is 0 Å². The summed E-state index contributed by atoms with van der Waals surface area (Å²) in [6.45, 7) is 4.41. The molecule has 12 heavy (non-hydrogen) atoms. The first-order valence-electron chi connectivity index (χ1n) is 5.01. The predicted octanol–water partition coefficient (Wildman–Crippen LogP) is 1.94. The molecule has 1 aliphatic carbocycles. The Labute approximate surface area is 75.7 Å². The first kappa shape index (κ1) is 10.0. The van der Waals surface area contributed by atoms with E-state index in [0.29, 0.717) is 18.2 Å². The van der Waals surface area contributed by atoms with Crippen LogP contribution >= 0.6 is 0 Å². The molecule has 0 bridgehead atoms. The average molecular weight is 171 g/mol. The summed E-state index contributed by atoms with van der Waals surface area (Å²) in [7, 11) is 1.82. The zero-order chi connectivity index (χ0) is 8.97. The van der Waals surface area contributed by atoms with Gasteiger partial charge in [-0.15, -0.1) is 0 Å². The molecule has 0 aliphatic heterocycles. The minimum Gasteiger partial charge on any atom is -0.381 e. The Bertz CT molecular complexity index is 125. The van der Waals surface area contributed by atoms with Gasteiger partial charge in [-0.2, -0.15) is 0 Å². The molecule has 2 atom stereocenters. The summed E-state index contributed by atoms with van der Waals surface area (Å²) in [5, 5.41) is 3.57. The molecule has 1 N–H and O–H groups in total. The van der Waals surface area contributed by atoms with E-state index in [1.54, 1.807) is 0 Å². The lowest BCUT2D eigenvalue weighted by molar-refractivity contribution is 0.0576. The third kappa shape index (κ3) is 3.11. The fourth-order valence-electron chi connectivity index (χ4n) is 1.98. The Morgan fingerprint density at radius 2 is 2.08 bits per heavy atom. The molecule has 1 fully saturated rings. The minimum absolute atomic E-state index is 0.495. The Morgan fingerprint density at radius 1 is 1.33 bits per heavy atom. The molecule has 0 saturated heterocycles. The van der Waals surface area contributed by atoms with E-state index in [1.165, 1.54) is 25.7 Å². The van der Waals surface area contributed by atoms with Crippen molar-refractivity contribution in [2.24, 2.45) is 0 Å². The van der Waals surface area contributed by atoms with E-state index < -0.39 is 0 Å². The second-order valence-electron chi connectivity index (χ2n) is 4.04. The Morgan fingerprint density at radius 3 is 2.67 bits per heavy atom. The standard InChI is InChI=1S/C10H21NO/c1-8(2)11-9-5-4-6-10(7-9)12-3/h8-11H,4-7H2,1-3H3/t9-,10-/m1/s1. The van der Waals surface area contributed by atoms with E-state index in [1.807, 2.05) is 7.11 Å². The fourth-order valence-corrected chi connectivity index (χ4v) is 1.98. The molecule has 2 heteroatoms. The molecule has 0 unspecified atom stereocenters. The highest BCUT2D eigenvalue weighted by atomic mass is 16.5. The molecule has 1 aliphatic rings. The van der Waals surface area contributed by atoms with Crippen LogP contribution in [0.1, 0.15) is 39.5 Å². The van der Waals surface area contributed by atoms with E-state index >= 15 is 0 Å². The van der Waals surface area contributed by atoms with Crippen LogP contribution in [0.25, 0.3) is 0 Å². The molecule has 2 nitrogen and oxygen atoms in total. The summed E-state index contributed by atoms with van der Waals surface area (Å²) < 4.78 is 5.36. The van der Waals surface area contributed by atoms with Crippen LogP contribution in [0.2, 0.25) is 0 Å². The number of methoxy groups -OCH3 is 1. The molecule has 0 aromatic rings. The van der Waals surface area contributed by atoms with Crippen molar-refractivity contribution in [3.05, 3.63) is 0 Å². The number of rotatable bonds is 3. The normalized spacial score (nSPS) is 31.0. The third-order valence-electron chi connectivity index (χ3n) is 2.53. The Balaban J connectivity index is 2.25. The van der Waals surface area contributed by atoms with Gasteiger partial charge >= 0.3 is 0 Å². The lowest BCUT2D eigenvalue weighted by atomic mass is 9.92. The lowest BCUT2D eigenvalue weighted by Gasteiger charge is -2.30. The van der Waals surface area contributed by atoms with Gasteiger partial charge in [-0.25, -0.2) is 0 Å². The summed E-state index contributed by atoms with van der Waals surface area (Å²) in [5.74, 6) is 0. The van der Waals surface area contributed by atoms with Crippen molar-refractivity contribution in [2.45, 2.75) is 57.7 Å². The summed E-state index contributed by atoms with van der Waals surface area (Å²) in [5.41, 5.74) is 0. The van der Waals surface area contributed by atoms with Crippen molar-refractivity contribution in [3.63, 3.8) is 0 Å². The summed E-state index contributed by atoms with van der Waals surface area (Å²) in [6, 6.07) is 1.29. The third-order valence-corrected chi connectivity index (χ3v) is 2.53. The van der Waals surface area contributed by atoms with Gasteiger partial charge in [0, 0.05) is 19.2 Å². The molecule has 0 amide bonds. The summed E-state index contributed by atoms with van der Waals surface area (Å²) >= 11 is 0. The number of nitrogens with one attached hydrogen (secondary N) is 1. The fraction of sp³-hybridized carbons (Fsp3) is 1.00. The predicted molar refractivity (Wildman–Crippen MR) is 51.3 cm³/mol. The maximum Gasteiger partial charge on any atom is 0.0586 e. The van der Waals surface area contributed by atoms with Crippen molar-refractivity contribution in [3.8, 4) is 0 Å². The average Bonchev–Trinajstić information content (AvgIpc) is 2.03. The molecular weight excluding hydrogens is 150 g/mol. The largest absolute Gasteiger partial charge is 0.381 e. The van der Waals surface area contributed by atoms with Gasteiger partial charge in [-0.05, 0) is 25.7 Å². The number of ether oxygens (including phenoxy) is 1. The highest BCUT2D eigenvalue weighted by Crippen LogP contribution is 2.20. The maximum atomic E-state index is 5.36. The van der Waals surface area contributed by atoms with Gasteiger partial charge in [0.2, 0.25) is 0 Å². The minimum atomic E-state index is 0.495. The first-order chi connectivity index (χ1) is 5.72. The topological polar surface area (TPSA) is 21.3 Å². The van der Waals surface area contributed by atoms with Crippen LogP contribution in [-0.2, 0) is 4.74 Å². The summed E-state index contributed by atoms with van der Waals surface area (Å²) in [6.07, 6.45) is 5.55. The summed E-state index contributed by atoms with van der Waals surface area (Å²) in [4.78, 5) is 0. The monoisotopic (exact) mass is 171 g/mol. The second-order valence-corrected chi connectivity index (χ2v) is 4.04. The van der Waals surface area contributed by atoms with Crippen molar-refractivity contribution in [1.82, 2.24) is 5.32 Å². The smallest absolute Gasteiger partial charge is 0.0586 e. The van der Waals surface area contributed by atoms with Gasteiger partial charge < -0.3 is 10.1 Å². The maximum absolute atomic E-state index is 5.36. The number of hydrogen-bond acceptors (Lipinski definition) is 2. The molecule has 0 aromatic carbocycles. The highest BCUT2D eigenvalue weighted by Gasteiger charge is 2.21. The first-order valence-corrected chi connectivity index (χ1v) is 5.01. The Kier molecular flexibility index (Phi) is 4.02. The van der Waals surface area contributed by atoms with Gasteiger partial charge in [-0.1, -0.05) is 13.8 Å². The van der Waals surface area contributed by atoms with Gasteiger partial charge in [0.1, 0.15) is 0 Å².